The zero-order valence-corrected chi connectivity index (χ0v) is 20.6. The number of unbranched alkanes of at least 4 members (excludes halogenated alkanes) is 2. The summed E-state index contributed by atoms with van der Waals surface area (Å²) in [5, 5.41) is 26.0. The van der Waals surface area contributed by atoms with Gasteiger partial charge in [-0.2, -0.15) is 0 Å². The first-order valence-electron chi connectivity index (χ1n) is 11.1. The molecule has 0 bridgehead atoms. The van der Waals surface area contributed by atoms with Gasteiger partial charge < -0.3 is 20.2 Å². The molecule has 10 heteroatoms. The van der Waals surface area contributed by atoms with Crippen LogP contribution in [0.15, 0.2) is 36.4 Å². The third kappa shape index (κ3) is 17.8. The van der Waals surface area contributed by atoms with Gasteiger partial charge in [0.05, 0.1) is 12.4 Å². The molecule has 1 aromatic rings. The van der Waals surface area contributed by atoms with Gasteiger partial charge >= 0.3 is 11.9 Å². The summed E-state index contributed by atoms with van der Waals surface area (Å²) in [5.41, 5.74) is 1.34. The fourth-order valence-electron chi connectivity index (χ4n) is 2.90. The number of aliphatic hydroxyl groups is 1. The van der Waals surface area contributed by atoms with E-state index in [-0.39, 0.29) is 0 Å². The molecular formula is C23H38N2O7S. The van der Waals surface area contributed by atoms with Crippen LogP contribution in [-0.4, -0.2) is 66.5 Å². The van der Waals surface area contributed by atoms with Crippen molar-refractivity contribution in [2.75, 3.05) is 30.6 Å². The van der Waals surface area contributed by atoms with Crippen molar-refractivity contribution in [3.8, 4) is 0 Å². The minimum absolute atomic E-state index is 0.508. The Bertz CT molecular complexity index is 800. The van der Waals surface area contributed by atoms with Gasteiger partial charge in [0.15, 0.2) is 0 Å². The monoisotopic (exact) mass is 486 g/mol. The van der Waals surface area contributed by atoms with Crippen molar-refractivity contribution in [3.63, 3.8) is 0 Å². The highest BCUT2D eigenvalue weighted by Crippen LogP contribution is 2.21. The van der Waals surface area contributed by atoms with Gasteiger partial charge in [-0.1, -0.05) is 38.8 Å². The summed E-state index contributed by atoms with van der Waals surface area (Å²) >= 11 is 0. The Morgan fingerprint density at radius 2 is 1.39 bits per heavy atom. The molecule has 0 aliphatic rings. The van der Waals surface area contributed by atoms with Crippen LogP contribution < -0.4 is 4.72 Å². The lowest BCUT2D eigenvalue weighted by molar-refractivity contribution is -0.134. The standard InChI is InChI=1S/C19H34N2O3S.C4H4O4/c1-4-6-14-21(15-7-5-2)16-8-9-19(22)17-10-12-18(13-11-17)20-25(3,23)24;5-3(6)1-2-4(7)8/h10-13,19-20,22H,4-9,14-16H2,1-3H3;1-2H,(H,5,6)(H,7,8)/t19-;/m1./s1. The molecule has 0 heterocycles. The molecule has 9 nitrogen and oxygen atoms in total. The SMILES string of the molecule is CCCCN(CCCC)CCC[C@@H](O)c1ccc(NS(C)(=O)=O)cc1.O=C(O)C=CC(=O)O. The molecule has 0 radical (unpaired) electrons. The van der Waals surface area contributed by atoms with Crippen molar-refractivity contribution in [1.82, 2.24) is 4.90 Å². The minimum Gasteiger partial charge on any atom is -0.478 e. The third-order valence-corrected chi connectivity index (χ3v) is 5.18. The number of carboxylic acids is 2. The van der Waals surface area contributed by atoms with Crippen molar-refractivity contribution in [2.45, 2.75) is 58.5 Å². The summed E-state index contributed by atoms with van der Waals surface area (Å²) in [6, 6.07) is 6.94. The van der Waals surface area contributed by atoms with Gasteiger partial charge in [-0.05, 0) is 63.0 Å². The second kappa shape index (κ2) is 17.1. The first kappa shape index (κ1) is 30.6. The zero-order valence-electron chi connectivity index (χ0n) is 19.7. The molecule has 1 rings (SSSR count). The molecule has 33 heavy (non-hydrogen) atoms. The number of hydrogen-bond acceptors (Lipinski definition) is 6. The van der Waals surface area contributed by atoms with Crippen LogP contribution in [0.25, 0.3) is 0 Å². The molecule has 0 aromatic heterocycles. The molecular weight excluding hydrogens is 448 g/mol. The summed E-state index contributed by atoms with van der Waals surface area (Å²) in [4.78, 5) is 21.6. The Morgan fingerprint density at radius 3 is 1.79 bits per heavy atom. The van der Waals surface area contributed by atoms with E-state index >= 15 is 0 Å². The molecule has 0 saturated carbocycles. The second-order valence-corrected chi connectivity index (χ2v) is 9.46. The van der Waals surface area contributed by atoms with Crippen molar-refractivity contribution < 1.29 is 33.3 Å². The normalized spacial score (nSPS) is 12.3. The van der Waals surface area contributed by atoms with Crippen LogP contribution in [0, 0.1) is 0 Å². The summed E-state index contributed by atoms with van der Waals surface area (Å²) in [6.45, 7) is 7.72. The van der Waals surface area contributed by atoms with Gasteiger partial charge in [-0.25, -0.2) is 18.0 Å². The molecule has 1 aromatic carbocycles. The summed E-state index contributed by atoms with van der Waals surface area (Å²) in [6.07, 6.45) is 8.27. The molecule has 0 aliphatic heterocycles. The fourth-order valence-corrected chi connectivity index (χ4v) is 3.47. The van der Waals surface area contributed by atoms with E-state index in [1.807, 2.05) is 0 Å². The number of carboxylic acid groups (broad SMARTS) is 2. The average Bonchev–Trinajstić information content (AvgIpc) is 2.73. The lowest BCUT2D eigenvalue weighted by Crippen LogP contribution is -2.27. The smallest absolute Gasteiger partial charge is 0.328 e. The van der Waals surface area contributed by atoms with E-state index in [2.05, 4.69) is 23.5 Å². The van der Waals surface area contributed by atoms with Crippen LogP contribution in [0.1, 0.15) is 64.0 Å². The molecule has 0 aliphatic carbocycles. The van der Waals surface area contributed by atoms with Crippen molar-refractivity contribution in [3.05, 3.63) is 42.0 Å². The predicted octanol–water partition coefficient (Wildman–Crippen LogP) is 3.49. The Morgan fingerprint density at radius 1 is 0.939 bits per heavy atom. The molecule has 0 unspecified atom stereocenters. The van der Waals surface area contributed by atoms with Gasteiger partial charge in [0, 0.05) is 17.8 Å². The van der Waals surface area contributed by atoms with Gasteiger partial charge in [0.1, 0.15) is 0 Å². The molecule has 188 valence electrons. The number of hydrogen-bond donors (Lipinski definition) is 4. The number of sulfonamides is 1. The largest absolute Gasteiger partial charge is 0.478 e. The van der Waals surface area contributed by atoms with E-state index in [0.29, 0.717) is 24.3 Å². The van der Waals surface area contributed by atoms with E-state index in [4.69, 9.17) is 10.2 Å². The van der Waals surface area contributed by atoms with Gasteiger partial charge in [-0.3, -0.25) is 4.72 Å². The molecule has 0 fully saturated rings. The quantitative estimate of drug-likeness (QED) is 0.276. The Kier molecular flexibility index (Phi) is 15.8. The van der Waals surface area contributed by atoms with Gasteiger partial charge in [0.2, 0.25) is 10.0 Å². The van der Waals surface area contributed by atoms with Crippen LogP contribution in [-0.2, 0) is 19.6 Å². The lowest BCUT2D eigenvalue weighted by atomic mass is 10.0. The maximum atomic E-state index is 11.2. The maximum Gasteiger partial charge on any atom is 0.328 e. The number of carbonyl (C=O) groups is 2. The van der Waals surface area contributed by atoms with Crippen molar-refractivity contribution in [2.24, 2.45) is 0 Å². The van der Waals surface area contributed by atoms with Crippen LogP contribution in [0.5, 0.6) is 0 Å². The number of benzene rings is 1. The Hall–Kier alpha value is -2.43. The number of aliphatic carboxylic acids is 2. The number of aliphatic hydroxyl groups excluding tert-OH is 1. The highest BCUT2D eigenvalue weighted by Gasteiger charge is 2.10. The van der Waals surface area contributed by atoms with Crippen LogP contribution in [0.3, 0.4) is 0 Å². The molecule has 1 atom stereocenters. The van der Waals surface area contributed by atoms with E-state index in [1.54, 1.807) is 24.3 Å². The summed E-state index contributed by atoms with van der Waals surface area (Å²) in [5.74, 6) is -2.51. The highest BCUT2D eigenvalue weighted by molar-refractivity contribution is 7.92. The van der Waals surface area contributed by atoms with E-state index in [9.17, 15) is 23.1 Å². The number of nitrogens with zero attached hydrogens (tertiary/aromatic N) is 1. The molecule has 0 saturated heterocycles. The van der Waals surface area contributed by atoms with E-state index in [0.717, 1.165) is 37.9 Å². The lowest BCUT2D eigenvalue weighted by Gasteiger charge is -2.22. The van der Waals surface area contributed by atoms with Gasteiger partial charge in [-0.15, -0.1) is 0 Å². The number of anilines is 1. The third-order valence-electron chi connectivity index (χ3n) is 4.57. The average molecular weight is 487 g/mol. The highest BCUT2D eigenvalue weighted by atomic mass is 32.2. The molecule has 0 spiro atoms. The second-order valence-electron chi connectivity index (χ2n) is 7.71. The number of rotatable bonds is 15. The summed E-state index contributed by atoms with van der Waals surface area (Å²) < 4.78 is 24.8. The topological polar surface area (TPSA) is 144 Å². The van der Waals surface area contributed by atoms with E-state index in [1.165, 1.54) is 25.7 Å². The Labute approximate surface area is 197 Å². The van der Waals surface area contributed by atoms with Crippen LogP contribution >= 0.6 is 0 Å². The number of nitrogens with one attached hydrogen (secondary N) is 1. The van der Waals surface area contributed by atoms with Crippen molar-refractivity contribution >= 4 is 27.6 Å². The zero-order chi connectivity index (χ0) is 25.3. The first-order valence-corrected chi connectivity index (χ1v) is 13.0. The van der Waals surface area contributed by atoms with Crippen molar-refractivity contribution in [1.29, 1.82) is 0 Å². The maximum absolute atomic E-state index is 11.2. The molecule has 4 N–H and O–H groups in total. The van der Waals surface area contributed by atoms with Crippen LogP contribution in [0.2, 0.25) is 0 Å². The Balaban J connectivity index is 0.00000109. The summed E-state index contributed by atoms with van der Waals surface area (Å²) in [7, 11) is -3.27. The first-order chi connectivity index (χ1) is 15.5. The molecule has 0 amide bonds. The van der Waals surface area contributed by atoms with Gasteiger partial charge in [0.25, 0.3) is 0 Å². The fraction of sp³-hybridized carbons (Fsp3) is 0.565. The van der Waals surface area contributed by atoms with E-state index < -0.39 is 28.1 Å². The minimum atomic E-state index is -3.27. The predicted molar refractivity (Wildman–Crippen MR) is 130 cm³/mol. The van der Waals surface area contributed by atoms with Crippen LogP contribution in [0.4, 0.5) is 5.69 Å².